The van der Waals surface area contributed by atoms with Gasteiger partial charge >= 0.3 is 0 Å². The summed E-state index contributed by atoms with van der Waals surface area (Å²) >= 11 is 0. The first kappa shape index (κ1) is 11.8. The van der Waals surface area contributed by atoms with E-state index in [1.807, 2.05) is 39.0 Å². The van der Waals surface area contributed by atoms with Crippen LogP contribution in [0.3, 0.4) is 0 Å². The van der Waals surface area contributed by atoms with Crippen LogP contribution in [0, 0.1) is 20.8 Å². The lowest BCUT2D eigenvalue weighted by molar-refractivity contribution is 0.219. The maximum Gasteiger partial charge on any atom is 0.104 e. The zero-order valence-corrected chi connectivity index (χ0v) is 10.4. The fourth-order valence-corrected chi connectivity index (χ4v) is 2.14. The van der Waals surface area contributed by atoms with E-state index in [9.17, 15) is 5.11 Å². The summed E-state index contributed by atoms with van der Waals surface area (Å²) in [6.07, 6.45) is 2.92. The molecule has 88 valence electrons. The first-order valence-corrected chi connectivity index (χ1v) is 5.74. The first-order valence-electron chi connectivity index (χ1n) is 5.74. The van der Waals surface area contributed by atoms with Gasteiger partial charge in [0.05, 0.1) is 0 Å². The predicted octanol–water partition coefficient (Wildman–Crippen LogP) is 3.09. The van der Waals surface area contributed by atoms with Crippen molar-refractivity contribution >= 4 is 0 Å². The SMILES string of the molecule is Cc1cc(C)cc(C(O)c2ccncc2C)c1. The van der Waals surface area contributed by atoms with Gasteiger partial charge in [-0.2, -0.15) is 0 Å². The Kier molecular flexibility index (Phi) is 3.25. The number of aliphatic hydroxyl groups is 1. The standard InChI is InChI=1S/C15H17NO/c1-10-6-11(2)8-13(7-10)15(17)14-4-5-16-9-12(14)3/h4-9,15,17H,1-3H3. The van der Waals surface area contributed by atoms with Crippen molar-refractivity contribution in [1.29, 1.82) is 0 Å². The van der Waals surface area contributed by atoms with Gasteiger partial charge in [-0.1, -0.05) is 29.3 Å². The van der Waals surface area contributed by atoms with Gasteiger partial charge in [0, 0.05) is 12.4 Å². The molecule has 0 aliphatic rings. The van der Waals surface area contributed by atoms with Crippen LogP contribution in [0.5, 0.6) is 0 Å². The number of aromatic nitrogens is 1. The molecule has 0 fully saturated rings. The molecule has 1 unspecified atom stereocenters. The Balaban J connectivity index is 2.43. The highest BCUT2D eigenvalue weighted by Gasteiger charge is 2.13. The van der Waals surface area contributed by atoms with E-state index in [1.165, 1.54) is 11.1 Å². The van der Waals surface area contributed by atoms with Crippen molar-refractivity contribution in [2.24, 2.45) is 0 Å². The number of aryl methyl sites for hydroxylation is 3. The van der Waals surface area contributed by atoms with Crippen molar-refractivity contribution in [2.45, 2.75) is 26.9 Å². The molecule has 0 bridgehead atoms. The second-order valence-corrected chi connectivity index (χ2v) is 4.56. The molecule has 2 aromatic rings. The third-order valence-corrected chi connectivity index (χ3v) is 2.92. The summed E-state index contributed by atoms with van der Waals surface area (Å²) in [5.74, 6) is 0. The Bertz CT molecular complexity index is 514. The Morgan fingerprint density at radius 3 is 2.29 bits per heavy atom. The van der Waals surface area contributed by atoms with Gasteiger partial charge in [0.15, 0.2) is 0 Å². The van der Waals surface area contributed by atoms with Crippen molar-refractivity contribution < 1.29 is 5.11 Å². The largest absolute Gasteiger partial charge is 0.384 e. The molecule has 2 heteroatoms. The van der Waals surface area contributed by atoms with Gasteiger partial charge in [0.25, 0.3) is 0 Å². The summed E-state index contributed by atoms with van der Waals surface area (Å²) < 4.78 is 0. The highest BCUT2D eigenvalue weighted by molar-refractivity contribution is 5.37. The molecule has 0 aliphatic carbocycles. The summed E-state index contributed by atoms with van der Waals surface area (Å²) in [7, 11) is 0. The normalized spacial score (nSPS) is 12.5. The number of nitrogens with zero attached hydrogens (tertiary/aromatic N) is 1. The van der Waals surface area contributed by atoms with Crippen LogP contribution < -0.4 is 0 Å². The molecular formula is C15H17NO. The summed E-state index contributed by atoms with van der Waals surface area (Å²) in [6.45, 7) is 6.06. The van der Waals surface area contributed by atoms with E-state index in [0.717, 1.165) is 16.7 Å². The van der Waals surface area contributed by atoms with Crippen LogP contribution in [0.4, 0.5) is 0 Å². The number of hydrogen-bond acceptors (Lipinski definition) is 2. The fraction of sp³-hybridized carbons (Fsp3) is 0.267. The molecule has 17 heavy (non-hydrogen) atoms. The zero-order chi connectivity index (χ0) is 12.4. The highest BCUT2D eigenvalue weighted by Crippen LogP contribution is 2.25. The third kappa shape index (κ3) is 2.53. The number of aliphatic hydroxyl groups excluding tert-OH is 1. The van der Waals surface area contributed by atoms with Gasteiger partial charge in [-0.25, -0.2) is 0 Å². The van der Waals surface area contributed by atoms with E-state index in [-0.39, 0.29) is 0 Å². The Hall–Kier alpha value is -1.67. The third-order valence-electron chi connectivity index (χ3n) is 2.92. The van der Waals surface area contributed by atoms with Crippen molar-refractivity contribution in [3.8, 4) is 0 Å². The minimum atomic E-state index is -0.573. The number of pyridine rings is 1. The molecule has 0 saturated carbocycles. The van der Waals surface area contributed by atoms with Gasteiger partial charge in [0.1, 0.15) is 6.10 Å². The van der Waals surface area contributed by atoms with E-state index in [4.69, 9.17) is 0 Å². The fourth-order valence-electron chi connectivity index (χ4n) is 2.14. The topological polar surface area (TPSA) is 33.1 Å². The number of benzene rings is 1. The van der Waals surface area contributed by atoms with Gasteiger partial charge in [-0.15, -0.1) is 0 Å². The lowest BCUT2D eigenvalue weighted by Gasteiger charge is -2.15. The summed E-state index contributed by atoms with van der Waals surface area (Å²) in [5.41, 5.74) is 5.22. The lowest BCUT2D eigenvalue weighted by atomic mass is 9.96. The Morgan fingerprint density at radius 1 is 1.06 bits per heavy atom. The molecule has 0 spiro atoms. The van der Waals surface area contributed by atoms with E-state index < -0.39 is 6.10 Å². The number of hydrogen-bond donors (Lipinski definition) is 1. The molecule has 0 radical (unpaired) electrons. The van der Waals surface area contributed by atoms with Gasteiger partial charge in [-0.05, 0) is 43.5 Å². The smallest absolute Gasteiger partial charge is 0.104 e. The van der Waals surface area contributed by atoms with Crippen LogP contribution in [0.15, 0.2) is 36.7 Å². The average Bonchev–Trinajstić information content (AvgIpc) is 2.27. The zero-order valence-electron chi connectivity index (χ0n) is 10.4. The molecule has 1 aromatic carbocycles. The van der Waals surface area contributed by atoms with Crippen LogP contribution in [0.1, 0.15) is 33.9 Å². The van der Waals surface area contributed by atoms with E-state index in [0.29, 0.717) is 0 Å². The predicted molar refractivity (Wildman–Crippen MR) is 69.0 cm³/mol. The first-order chi connectivity index (χ1) is 8.08. The van der Waals surface area contributed by atoms with Crippen LogP contribution >= 0.6 is 0 Å². The molecule has 1 atom stereocenters. The quantitative estimate of drug-likeness (QED) is 0.855. The van der Waals surface area contributed by atoms with E-state index in [2.05, 4.69) is 11.1 Å². The molecule has 1 heterocycles. The van der Waals surface area contributed by atoms with E-state index >= 15 is 0 Å². The second kappa shape index (κ2) is 4.68. The summed E-state index contributed by atoms with van der Waals surface area (Å²) in [4.78, 5) is 4.04. The van der Waals surface area contributed by atoms with Crippen LogP contribution in [-0.4, -0.2) is 10.1 Å². The van der Waals surface area contributed by atoms with Crippen molar-refractivity contribution in [1.82, 2.24) is 4.98 Å². The minimum absolute atomic E-state index is 0.573. The van der Waals surface area contributed by atoms with Gasteiger partial charge in [0.2, 0.25) is 0 Å². The molecule has 0 amide bonds. The molecule has 1 aromatic heterocycles. The number of rotatable bonds is 2. The Morgan fingerprint density at radius 2 is 1.71 bits per heavy atom. The van der Waals surface area contributed by atoms with Crippen molar-refractivity contribution in [3.05, 3.63) is 64.5 Å². The summed E-state index contributed by atoms with van der Waals surface area (Å²) in [5, 5.41) is 10.4. The van der Waals surface area contributed by atoms with E-state index in [1.54, 1.807) is 12.4 Å². The second-order valence-electron chi connectivity index (χ2n) is 4.56. The average molecular weight is 227 g/mol. The van der Waals surface area contributed by atoms with Crippen LogP contribution in [0.2, 0.25) is 0 Å². The molecule has 2 rings (SSSR count). The molecule has 1 N–H and O–H groups in total. The lowest BCUT2D eigenvalue weighted by Crippen LogP contribution is -2.03. The van der Waals surface area contributed by atoms with Crippen LogP contribution in [-0.2, 0) is 0 Å². The van der Waals surface area contributed by atoms with Crippen LogP contribution in [0.25, 0.3) is 0 Å². The Labute approximate surface area is 102 Å². The monoisotopic (exact) mass is 227 g/mol. The molecule has 0 saturated heterocycles. The molecule has 0 aliphatic heterocycles. The van der Waals surface area contributed by atoms with Gasteiger partial charge in [-0.3, -0.25) is 4.98 Å². The van der Waals surface area contributed by atoms with Crippen molar-refractivity contribution in [3.63, 3.8) is 0 Å². The molecular weight excluding hydrogens is 210 g/mol. The maximum atomic E-state index is 10.4. The highest BCUT2D eigenvalue weighted by atomic mass is 16.3. The molecule has 2 nitrogen and oxygen atoms in total. The minimum Gasteiger partial charge on any atom is -0.384 e. The van der Waals surface area contributed by atoms with Gasteiger partial charge < -0.3 is 5.11 Å². The van der Waals surface area contributed by atoms with Crippen molar-refractivity contribution in [2.75, 3.05) is 0 Å². The maximum absolute atomic E-state index is 10.4. The summed E-state index contributed by atoms with van der Waals surface area (Å²) in [6, 6.07) is 8.03.